The maximum absolute atomic E-state index is 12.9. The molecule has 0 radical (unpaired) electrons. The van der Waals surface area contributed by atoms with Crippen LogP contribution in [0.1, 0.15) is 45.1 Å². The number of nitrogens with one attached hydrogen (secondary N) is 1. The molecular weight excluding hydrogens is 362 g/mol. The molecule has 0 unspecified atom stereocenters. The summed E-state index contributed by atoms with van der Waals surface area (Å²) in [5.74, 6) is 0.356. The number of hydrogen-bond acceptors (Lipinski definition) is 5. The van der Waals surface area contributed by atoms with E-state index in [2.05, 4.69) is 59.0 Å². The molecule has 3 heterocycles. The predicted octanol–water partition coefficient (Wildman–Crippen LogP) is 2.21. The van der Waals surface area contributed by atoms with Crippen molar-refractivity contribution in [3.05, 3.63) is 30.1 Å². The minimum Gasteiger partial charge on any atom is -0.350 e. The van der Waals surface area contributed by atoms with Crippen LogP contribution in [0.15, 0.2) is 24.5 Å². The highest BCUT2D eigenvalue weighted by Crippen LogP contribution is 2.25. The van der Waals surface area contributed by atoms with Crippen molar-refractivity contribution in [1.82, 2.24) is 25.0 Å². The van der Waals surface area contributed by atoms with Crippen LogP contribution in [0.3, 0.4) is 0 Å². The van der Waals surface area contributed by atoms with Crippen LogP contribution in [0, 0.1) is 5.92 Å². The molecule has 3 rings (SSSR count). The third-order valence-electron chi connectivity index (χ3n) is 6.20. The van der Waals surface area contributed by atoms with E-state index in [-0.39, 0.29) is 17.4 Å². The van der Waals surface area contributed by atoms with Crippen LogP contribution < -0.4 is 5.32 Å². The molecule has 29 heavy (non-hydrogen) atoms. The largest absolute Gasteiger partial charge is 0.350 e. The minimum absolute atomic E-state index is 0.124. The fourth-order valence-corrected chi connectivity index (χ4v) is 5.01. The molecule has 1 amide bonds. The molecule has 0 bridgehead atoms. The van der Waals surface area contributed by atoms with E-state index in [9.17, 15) is 4.79 Å². The van der Waals surface area contributed by atoms with Crippen molar-refractivity contribution in [2.24, 2.45) is 5.92 Å². The summed E-state index contributed by atoms with van der Waals surface area (Å²) in [5.41, 5.74) is 1.10. The van der Waals surface area contributed by atoms with Crippen molar-refractivity contribution in [1.29, 1.82) is 0 Å². The van der Waals surface area contributed by atoms with Crippen LogP contribution in [0.4, 0.5) is 0 Å². The smallest absolute Gasteiger partial charge is 0.224 e. The summed E-state index contributed by atoms with van der Waals surface area (Å²) in [4.78, 5) is 24.4. The Hall–Kier alpha value is -1.50. The lowest BCUT2D eigenvalue weighted by Gasteiger charge is -2.42. The molecule has 0 aromatic carbocycles. The quantitative estimate of drug-likeness (QED) is 0.759. The third kappa shape index (κ3) is 6.76. The zero-order valence-electron chi connectivity index (χ0n) is 18.7. The molecule has 1 aromatic rings. The predicted molar refractivity (Wildman–Crippen MR) is 118 cm³/mol. The monoisotopic (exact) mass is 401 g/mol. The molecule has 1 aromatic heterocycles. The molecule has 0 aliphatic carbocycles. The Morgan fingerprint density at radius 2 is 2.00 bits per heavy atom. The molecule has 1 atom stereocenters. The van der Waals surface area contributed by atoms with Gasteiger partial charge in [-0.1, -0.05) is 6.07 Å². The SMILES string of the molecule is CN(C)CC(C)(C)NC(=O)[C@@H]1CCCN(C2CCN(Cc3cccnc3)CC2)C1. The minimum atomic E-state index is -0.194. The first-order chi connectivity index (χ1) is 13.8. The highest BCUT2D eigenvalue weighted by molar-refractivity contribution is 5.79. The Labute approximate surface area is 176 Å². The van der Waals surface area contributed by atoms with Gasteiger partial charge in [-0.3, -0.25) is 19.6 Å². The maximum atomic E-state index is 12.9. The van der Waals surface area contributed by atoms with Crippen molar-refractivity contribution < 1.29 is 4.79 Å². The van der Waals surface area contributed by atoms with Gasteiger partial charge in [-0.15, -0.1) is 0 Å². The summed E-state index contributed by atoms with van der Waals surface area (Å²) in [6.45, 7) is 10.4. The highest BCUT2D eigenvalue weighted by Gasteiger charge is 2.33. The van der Waals surface area contributed by atoms with Crippen LogP contribution in [0.5, 0.6) is 0 Å². The summed E-state index contributed by atoms with van der Waals surface area (Å²) in [6.07, 6.45) is 8.34. The van der Waals surface area contributed by atoms with Crippen LogP contribution >= 0.6 is 0 Å². The number of rotatable bonds is 7. The molecule has 6 nitrogen and oxygen atoms in total. The van der Waals surface area contributed by atoms with Gasteiger partial charge < -0.3 is 10.2 Å². The lowest BCUT2D eigenvalue weighted by Crippen LogP contribution is -2.55. The molecule has 0 spiro atoms. The number of piperidine rings is 2. The summed E-state index contributed by atoms with van der Waals surface area (Å²) in [7, 11) is 4.11. The topological polar surface area (TPSA) is 51.7 Å². The fraction of sp³-hybridized carbons (Fsp3) is 0.739. The van der Waals surface area contributed by atoms with Crippen LogP contribution in [-0.4, -0.2) is 84.0 Å². The van der Waals surface area contributed by atoms with Gasteiger partial charge in [0.2, 0.25) is 5.91 Å². The normalized spacial score (nSPS) is 22.7. The van der Waals surface area contributed by atoms with Crippen LogP contribution in [0.25, 0.3) is 0 Å². The molecule has 1 N–H and O–H groups in total. The van der Waals surface area contributed by atoms with Gasteiger partial charge in [0, 0.05) is 43.6 Å². The number of likely N-dealkylation sites (N-methyl/N-ethyl adjacent to an activating group) is 1. The van der Waals surface area contributed by atoms with E-state index in [0.717, 1.165) is 52.1 Å². The standard InChI is InChI=1S/C23H39N5O/c1-23(2,18-26(3)4)25-22(29)20-8-6-12-28(17-20)21-9-13-27(14-10-21)16-19-7-5-11-24-15-19/h5,7,11,15,20-21H,6,8-10,12-14,16-18H2,1-4H3,(H,25,29)/t20-/m1/s1. The first kappa shape index (κ1) is 22.2. The van der Waals surface area contributed by atoms with Crippen LogP contribution in [-0.2, 0) is 11.3 Å². The molecule has 6 heteroatoms. The Balaban J connectivity index is 1.46. The molecule has 0 saturated carbocycles. The van der Waals surface area contributed by atoms with Gasteiger partial charge in [-0.05, 0) is 84.9 Å². The van der Waals surface area contributed by atoms with E-state index in [4.69, 9.17) is 0 Å². The number of pyridine rings is 1. The van der Waals surface area contributed by atoms with Gasteiger partial charge in [0.15, 0.2) is 0 Å². The average molecular weight is 402 g/mol. The van der Waals surface area contributed by atoms with Gasteiger partial charge in [0.25, 0.3) is 0 Å². The lowest BCUT2D eigenvalue weighted by molar-refractivity contribution is -0.129. The molecule has 2 aliphatic rings. The van der Waals surface area contributed by atoms with Crippen molar-refractivity contribution in [3.8, 4) is 0 Å². The van der Waals surface area contributed by atoms with Crippen LogP contribution in [0.2, 0.25) is 0 Å². The highest BCUT2D eigenvalue weighted by atomic mass is 16.2. The zero-order chi connectivity index (χ0) is 20.9. The van der Waals surface area contributed by atoms with E-state index in [1.165, 1.54) is 18.4 Å². The van der Waals surface area contributed by atoms with Gasteiger partial charge >= 0.3 is 0 Å². The van der Waals surface area contributed by atoms with Gasteiger partial charge in [0.1, 0.15) is 0 Å². The molecule has 2 aliphatic heterocycles. The Kier molecular flexibility index (Phi) is 7.66. The van der Waals surface area contributed by atoms with Crippen molar-refractivity contribution in [3.63, 3.8) is 0 Å². The number of amides is 1. The maximum Gasteiger partial charge on any atom is 0.224 e. The molecule has 162 valence electrons. The van der Waals surface area contributed by atoms with Crippen molar-refractivity contribution in [2.75, 3.05) is 46.8 Å². The molecular formula is C23H39N5O. The van der Waals surface area contributed by atoms with E-state index < -0.39 is 0 Å². The van der Waals surface area contributed by atoms with Crippen molar-refractivity contribution in [2.45, 2.75) is 57.7 Å². The van der Waals surface area contributed by atoms with E-state index in [0.29, 0.717) is 6.04 Å². The second-order valence-electron chi connectivity index (χ2n) is 9.81. The summed E-state index contributed by atoms with van der Waals surface area (Å²) >= 11 is 0. The Morgan fingerprint density at radius 3 is 2.66 bits per heavy atom. The summed E-state index contributed by atoms with van der Waals surface area (Å²) in [6, 6.07) is 4.79. The molecule has 2 saturated heterocycles. The first-order valence-electron chi connectivity index (χ1n) is 11.1. The number of hydrogen-bond donors (Lipinski definition) is 1. The van der Waals surface area contributed by atoms with E-state index >= 15 is 0 Å². The number of likely N-dealkylation sites (tertiary alicyclic amines) is 2. The zero-order valence-corrected chi connectivity index (χ0v) is 18.7. The Morgan fingerprint density at radius 1 is 1.24 bits per heavy atom. The van der Waals surface area contributed by atoms with Gasteiger partial charge in [0.05, 0.1) is 5.92 Å². The first-order valence-corrected chi connectivity index (χ1v) is 11.1. The van der Waals surface area contributed by atoms with E-state index in [1.807, 2.05) is 18.5 Å². The number of carbonyl (C=O) groups excluding carboxylic acids is 1. The van der Waals surface area contributed by atoms with E-state index in [1.54, 1.807) is 0 Å². The summed E-state index contributed by atoms with van der Waals surface area (Å²) in [5, 5.41) is 3.29. The van der Waals surface area contributed by atoms with Gasteiger partial charge in [-0.25, -0.2) is 0 Å². The Bertz CT molecular complexity index is 640. The number of carbonyl (C=O) groups is 1. The van der Waals surface area contributed by atoms with Gasteiger partial charge in [-0.2, -0.15) is 0 Å². The van der Waals surface area contributed by atoms with Crippen molar-refractivity contribution >= 4 is 5.91 Å². The second kappa shape index (κ2) is 10.0. The average Bonchev–Trinajstić information content (AvgIpc) is 2.68. The lowest BCUT2D eigenvalue weighted by atomic mass is 9.92. The number of nitrogens with zero attached hydrogens (tertiary/aromatic N) is 4. The molecule has 2 fully saturated rings. The summed E-state index contributed by atoms with van der Waals surface area (Å²) < 4.78 is 0. The second-order valence-corrected chi connectivity index (χ2v) is 9.81. The third-order valence-corrected chi connectivity index (χ3v) is 6.20. The number of aromatic nitrogens is 1. The fourth-order valence-electron chi connectivity index (χ4n) is 5.01.